The first kappa shape index (κ1) is 17.6. The maximum absolute atomic E-state index is 12.8. The molecule has 28 heavy (non-hydrogen) atoms. The highest BCUT2D eigenvalue weighted by molar-refractivity contribution is 7.16. The van der Waals surface area contributed by atoms with Crippen molar-refractivity contribution in [3.8, 4) is 16.5 Å². The van der Waals surface area contributed by atoms with E-state index in [1.807, 2.05) is 0 Å². The van der Waals surface area contributed by atoms with Gasteiger partial charge in [0, 0.05) is 32.0 Å². The number of carboxylic acids is 1. The number of nitrogens with zero attached hydrogens (tertiary/aromatic N) is 1. The first-order valence-corrected chi connectivity index (χ1v) is 9.09. The number of rotatable bonds is 3. The first-order chi connectivity index (χ1) is 13.5. The summed E-state index contributed by atoms with van der Waals surface area (Å²) in [6.45, 7) is 0. The molecule has 1 aliphatic carbocycles. The van der Waals surface area contributed by atoms with E-state index in [0.29, 0.717) is 27.1 Å². The fourth-order valence-electron chi connectivity index (χ4n) is 3.12. The molecule has 1 N–H and O–H groups in total. The Morgan fingerprint density at radius 1 is 0.929 bits per heavy atom. The molecule has 0 amide bonds. The summed E-state index contributed by atoms with van der Waals surface area (Å²) in [5.74, 6) is -1.65. The van der Waals surface area contributed by atoms with Crippen molar-refractivity contribution in [2.24, 2.45) is 0 Å². The highest BCUT2D eigenvalue weighted by Crippen LogP contribution is 2.34. The topological polar surface area (TPSA) is 95.2 Å². The predicted octanol–water partition coefficient (Wildman–Crippen LogP) is 4.18. The van der Waals surface area contributed by atoms with Crippen molar-refractivity contribution in [3.05, 3.63) is 87.3 Å². The molecule has 0 saturated carbocycles. The first-order valence-electron chi connectivity index (χ1n) is 8.27. The molecular formula is C22H11NO4S. The van der Waals surface area contributed by atoms with E-state index in [9.17, 15) is 14.4 Å². The molecule has 4 rings (SSSR count). The zero-order valence-electron chi connectivity index (χ0n) is 14.3. The van der Waals surface area contributed by atoms with Crippen LogP contribution in [-0.2, 0) is 4.79 Å². The molecule has 5 nitrogen and oxygen atoms in total. The third-order valence-electron chi connectivity index (χ3n) is 4.47. The number of carbonyl (C=O) groups excluding carboxylic acids is 2. The number of nitriles is 1. The molecule has 1 aliphatic rings. The number of carboxylic acid groups (broad SMARTS) is 1. The van der Waals surface area contributed by atoms with E-state index in [-0.39, 0.29) is 17.1 Å². The Morgan fingerprint density at radius 2 is 1.57 bits per heavy atom. The zero-order valence-corrected chi connectivity index (χ0v) is 15.1. The average Bonchev–Trinajstić information content (AvgIpc) is 3.18. The minimum Gasteiger partial charge on any atom is -0.477 e. The fourth-order valence-corrected chi connectivity index (χ4v) is 4.07. The molecular weight excluding hydrogens is 374 g/mol. The van der Waals surface area contributed by atoms with Crippen molar-refractivity contribution in [3.63, 3.8) is 0 Å². The van der Waals surface area contributed by atoms with Gasteiger partial charge in [-0.25, -0.2) is 4.79 Å². The lowest BCUT2D eigenvalue weighted by Crippen LogP contribution is -2.20. The molecule has 1 heterocycles. The molecule has 2 aromatic carbocycles. The lowest BCUT2D eigenvalue weighted by atomic mass is 9.83. The van der Waals surface area contributed by atoms with Gasteiger partial charge in [0.2, 0.25) is 0 Å². The van der Waals surface area contributed by atoms with Gasteiger partial charge in [0.05, 0.1) is 0 Å². The van der Waals surface area contributed by atoms with Crippen molar-refractivity contribution in [2.75, 3.05) is 0 Å². The minimum absolute atomic E-state index is 0.174. The van der Waals surface area contributed by atoms with Gasteiger partial charge in [-0.05, 0) is 35.9 Å². The van der Waals surface area contributed by atoms with E-state index in [1.165, 1.54) is 17.4 Å². The summed E-state index contributed by atoms with van der Waals surface area (Å²) in [5.41, 5.74) is 1.94. The summed E-state index contributed by atoms with van der Waals surface area (Å²) in [4.78, 5) is 37.9. The van der Waals surface area contributed by atoms with Crippen LogP contribution >= 0.6 is 11.3 Å². The van der Waals surface area contributed by atoms with Crippen molar-refractivity contribution >= 4 is 34.9 Å². The van der Waals surface area contributed by atoms with Crippen LogP contribution in [-0.4, -0.2) is 22.6 Å². The number of ketones is 2. The number of thiophene rings is 1. The van der Waals surface area contributed by atoms with Gasteiger partial charge in [0.25, 0.3) is 0 Å². The van der Waals surface area contributed by atoms with Gasteiger partial charge in [-0.3, -0.25) is 9.59 Å². The molecule has 0 atom stereocenters. The SMILES string of the molecule is N#C/C(=C\c1ccc(-c2ccc3c(c2)C(=O)c2ccccc2C3=O)s1)C(=O)O. The molecule has 0 saturated heterocycles. The molecule has 0 bridgehead atoms. The average molecular weight is 385 g/mol. The predicted molar refractivity (Wildman–Crippen MR) is 104 cm³/mol. The maximum Gasteiger partial charge on any atom is 0.346 e. The second kappa shape index (κ2) is 6.72. The molecule has 3 aromatic rings. The number of hydrogen-bond donors (Lipinski definition) is 1. The van der Waals surface area contributed by atoms with Gasteiger partial charge < -0.3 is 5.11 Å². The summed E-state index contributed by atoms with van der Waals surface area (Å²) in [5, 5.41) is 17.9. The van der Waals surface area contributed by atoms with Crippen molar-refractivity contribution < 1.29 is 19.5 Å². The molecule has 0 fully saturated rings. The number of benzene rings is 2. The third-order valence-corrected chi connectivity index (χ3v) is 5.56. The van der Waals surface area contributed by atoms with E-state index in [2.05, 4.69) is 0 Å². The highest BCUT2D eigenvalue weighted by atomic mass is 32.1. The van der Waals surface area contributed by atoms with E-state index in [0.717, 1.165) is 10.4 Å². The summed E-state index contributed by atoms with van der Waals surface area (Å²) < 4.78 is 0. The van der Waals surface area contributed by atoms with E-state index < -0.39 is 5.97 Å². The number of hydrogen-bond acceptors (Lipinski definition) is 5. The Morgan fingerprint density at radius 3 is 2.21 bits per heavy atom. The van der Waals surface area contributed by atoms with Crippen LogP contribution in [0.5, 0.6) is 0 Å². The summed E-state index contributed by atoms with van der Waals surface area (Å²) in [7, 11) is 0. The molecule has 0 radical (unpaired) electrons. The van der Waals surface area contributed by atoms with Crippen LogP contribution in [0, 0.1) is 11.3 Å². The van der Waals surface area contributed by atoms with Crippen LogP contribution in [0.3, 0.4) is 0 Å². The fraction of sp³-hybridized carbons (Fsp3) is 0. The standard InChI is InChI=1S/C22H11NO4S/c23-11-13(22(26)27)9-14-6-8-19(28-14)12-5-7-17-18(10-12)21(25)16-4-2-1-3-15(16)20(17)24/h1-10H,(H,26,27)/b13-9+. The van der Waals surface area contributed by atoms with Crippen LogP contribution in [0.2, 0.25) is 0 Å². The normalized spacial score (nSPS) is 12.9. The van der Waals surface area contributed by atoms with Gasteiger partial charge in [0.15, 0.2) is 11.6 Å². The number of aliphatic carboxylic acids is 1. The van der Waals surface area contributed by atoms with Gasteiger partial charge in [-0.2, -0.15) is 5.26 Å². The number of fused-ring (bicyclic) bond motifs is 2. The van der Waals surface area contributed by atoms with Crippen LogP contribution in [0.25, 0.3) is 16.5 Å². The zero-order chi connectivity index (χ0) is 19.8. The molecule has 0 aliphatic heterocycles. The third kappa shape index (κ3) is 2.84. The van der Waals surface area contributed by atoms with Crippen LogP contribution < -0.4 is 0 Å². The second-order valence-corrected chi connectivity index (χ2v) is 7.26. The van der Waals surface area contributed by atoms with Gasteiger partial charge >= 0.3 is 5.97 Å². The Hall–Kier alpha value is -3.82. The van der Waals surface area contributed by atoms with Crippen LogP contribution in [0.15, 0.2) is 60.2 Å². The smallest absolute Gasteiger partial charge is 0.346 e. The summed E-state index contributed by atoms with van der Waals surface area (Å²) >= 11 is 1.30. The van der Waals surface area contributed by atoms with Gasteiger partial charge in [0.1, 0.15) is 11.6 Å². The maximum atomic E-state index is 12.8. The van der Waals surface area contributed by atoms with E-state index >= 15 is 0 Å². The van der Waals surface area contributed by atoms with Crippen molar-refractivity contribution in [2.45, 2.75) is 0 Å². The Labute approximate surface area is 163 Å². The van der Waals surface area contributed by atoms with Crippen molar-refractivity contribution in [1.82, 2.24) is 0 Å². The monoisotopic (exact) mass is 385 g/mol. The van der Waals surface area contributed by atoms with Crippen molar-refractivity contribution in [1.29, 1.82) is 5.26 Å². The molecule has 134 valence electrons. The van der Waals surface area contributed by atoms with E-state index in [1.54, 1.807) is 60.7 Å². The second-order valence-electron chi connectivity index (χ2n) is 6.14. The minimum atomic E-state index is -1.28. The Kier molecular flexibility index (Phi) is 4.22. The largest absolute Gasteiger partial charge is 0.477 e. The van der Waals surface area contributed by atoms with Gasteiger partial charge in [-0.1, -0.05) is 30.3 Å². The van der Waals surface area contributed by atoms with Crippen LogP contribution in [0.4, 0.5) is 0 Å². The molecule has 0 unspecified atom stereocenters. The quantitative estimate of drug-likeness (QED) is 0.422. The molecule has 1 aromatic heterocycles. The number of carbonyl (C=O) groups is 3. The van der Waals surface area contributed by atoms with Gasteiger partial charge in [-0.15, -0.1) is 11.3 Å². The lowest BCUT2D eigenvalue weighted by Gasteiger charge is -2.17. The van der Waals surface area contributed by atoms with E-state index in [4.69, 9.17) is 10.4 Å². The van der Waals surface area contributed by atoms with Crippen LogP contribution in [0.1, 0.15) is 36.7 Å². The summed E-state index contributed by atoms with van der Waals surface area (Å²) in [6, 6.07) is 17.0. The Bertz CT molecular complexity index is 1240. The highest BCUT2D eigenvalue weighted by Gasteiger charge is 2.29. The molecule has 6 heteroatoms. The Balaban J connectivity index is 1.75. The molecule has 0 spiro atoms. The lowest BCUT2D eigenvalue weighted by molar-refractivity contribution is -0.132. The summed E-state index contributed by atoms with van der Waals surface area (Å²) in [6.07, 6.45) is 1.31.